The highest BCUT2D eigenvalue weighted by atomic mass is 16.2. The third kappa shape index (κ3) is 5.92. The molecule has 0 spiro atoms. The summed E-state index contributed by atoms with van der Waals surface area (Å²) in [5.41, 5.74) is 7.29. The topological polar surface area (TPSA) is 75.4 Å². The van der Waals surface area contributed by atoms with Gasteiger partial charge in [0.05, 0.1) is 0 Å². The second kappa shape index (κ2) is 11.3. The molecule has 2 aliphatic carbocycles. The molecule has 2 saturated carbocycles. The van der Waals surface area contributed by atoms with Gasteiger partial charge in [-0.05, 0) is 74.7 Å². The standard InChI is InChI=1S/C27H41N3O2/c28-23-15-13-20(14-16-23)19-29-27(32)25-12-7-17-30(25)26(31)18-24(21-8-3-1-4-9-21)22-10-5-2-6-11-22/h1,3-4,8-9,20,22-25H,2,5-7,10-19,28H2,(H,29,32)/t20?,23?,24-,25-/m0/s1. The Morgan fingerprint density at radius 2 is 1.66 bits per heavy atom. The van der Waals surface area contributed by atoms with E-state index in [0.717, 1.165) is 45.1 Å². The molecule has 2 atom stereocenters. The fraction of sp³-hybridized carbons (Fsp3) is 0.704. The van der Waals surface area contributed by atoms with E-state index in [9.17, 15) is 9.59 Å². The molecule has 0 unspecified atom stereocenters. The highest BCUT2D eigenvalue weighted by molar-refractivity contribution is 5.88. The van der Waals surface area contributed by atoms with Crippen LogP contribution in [0.25, 0.3) is 0 Å². The Kier molecular flexibility index (Phi) is 8.23. The number of hydrogen-bond donors (Lipinski definition) is 2. The Morgan fingerprint density at radius 3 is 2.38 bits per heavy atom. The summed E-state index contributed by atoms with van der Waals surface area (Å²) >= 11 is 0. The van der Waals surface area contributed by atoms with Crippen molar-refractivity contribution in [2.45, 2.75) is 95.1 Å². The summed E-state index contributed by atoms with van der Waals surface area (Å²) in [6, 6.07) is 10.6. The molecule has 176 valence electrons. The van der Waals surface area contributed by atoms with Gasteiger partial charge in [-0.25, -0.2) is 0 Å². The Morgan fingerprint density at radius 1 is 0.938 bits per heavy atom. The van der Waals surface area contributed by atoms with Crippen LogP contribution in [0.5, 0.6) is 0 Å². The van der Waals surface area contributed by atoms with Crippen LogP contribution in [0, 0.1) is 11.8 Å². The van der Waals surface area contributed by atoms with Crippen LogP contribution in [0.4, 0.5) is 0 Å². The summed E-state index contributed by atoms with van der Waals surface area (Å²) in [6.45, 7) is 1.43. The van der Waals surface area contributed by atoms with Crippen LogP contribution in [0.15, 0.2) is 30.3 Å². The van der Waals surface area contributed by atoms with Crippen molar-refractivity contribution in [3.05, 3.63) is 35.9 Å². The molecule has 3 aliphatic rings. The van der Waals surface area contributed by atoms with Crippen LogP contribution < -0.4 is 11.1 Å². The molecule has 2 amide bonds. The van der Waals surface area contributed by atoms with Gasteiger partial charge in [0.1, 0.15) is 6.04 Å². The Labute approximate surface area is 193 Å². The number of nitrogens with two attached hydrogens (primary N) is 1. The SMILES string of the molecule is NC1CCC(CNC(=O)[C@@H]2CCCN2C(=O)C[C@@H](c2ccccc2)C2CCCCC2)CC1. The number of benzene rings is 1. The third-order valence-corrected chi connectivity index (χ3v) is 8.17. The molecule has 32 heavy (non-hydrogen) atoms. The highest BCUT2D eigenvalue weighted by Crippen LogP contribution is 2.39. The lowest BCUT2D eigenvalue weighted by Crippen LogP contribution is -2.47. The molecule has 0 radical (unpaired) electrons. The van der Waals surface area contributed by atoms with Crippen LogP contribution in [0.2, 0.25) is 0 Å². The zero-order valence-corrected chi connectivity index (χ0v) is 19.5. The maximum atomic E-state index is 13.5. The van der Waals surface area contributed by atoms with E-state index < -0.39 is 0 Å². The minimum Gasteiger partial charge on any atom is -0.354 e. The number of hydrogen-bond acceptors (Lipinski definition) is 3. The second-order valence-corrected chi connectivity index (χ2v) is 10.4. The van der Waals surface area contributed by atoms with E-state index in [1.807, 2.05) is 11.0 Å². The highest BCUT2D eigenvalue weighted by Gasteiger charge is 2.36. The van der Waals surface area contributed by atoms with E-state index in [1.54, 1.807) is 0 Å². The summed E-state index contributed by atoms with van der Waals surface area (Å²) in [4.78, 5) is 28.3. The lowest BCUT2D eigenvalue weighted by molar-refractivity contribution is -0.139. The molecule has 3 N–H and O–H groups in total. The van der Waals surface area contributed by atoms with Gasteiger partial charge in [0.15, 0.2) is 0 Å². The summed E-state index contributed by atoms with van der Waals surface area (Å²) in [5, 5.41) is 3.17. The van der Waals surface area contributed by atoms with E-state index in [0.29, 0.717) is 30.8 Å². The number of likely N-dealkylation sites (tertiary alicyclic amines) is 1. The quantitative estimate of drug-likeness (QED) is 0.663. The van der Waals surface area contributed by atoms with Gasteiger partial charge in [0, 0.05) is 25.6 Å². The molecule has 0 aromatic heterocycles. The average molecular weight is 440 g/mol. The summed E-state index contributed by atoms with van der Waals surface area (Å²) in [7, 11) is 0. The predicted molar refractivity (Wildman–Crippen MR) is 128 cm³/mol. The van der Waals surface area contributed by atoms with Gasteiger partial charge in [-0.2, -0.15) is 0 Å². The Balaban J connectivity index is 1.36. The van der Waals surface area contributed by atoms with Crippen LogP contribution >= 0.6 is 0 Å². The summed E-state index contributed by atoms with van der Waals surface area (Å²) in [5.74, 6) is 1.56. The van der Waals surface area contributed by atoms with Crippen molar-refractivity contribution in [2.24, 2.45) is 17.6 Å². The fourth-order valence-electron chi connectivity index (χ4n) is 6.19. The first kappa shape index (κ1) is 23.3. The molecule has 1 heterocycles. The van der Waals surface area contributed by atoms with Crippen molar-refractivity contribution >= 4 is 11.8 Å². The lowest BCUT2D eigenvalue weighted by Gasteiger charge is -2.33. The first-order valence-corrected chi connectivity index (χ1v) is 13.0. The van der Waals surface area contributed by atoms with Crippen molar-refractivity contribution in [2.75, 3.05) is 13.1 Å². The number of carbonyl (C=O) groups excluding carboxylic acids is 2. The zero-order chi connectivity index (χ0) is 22.3. The maximum absolute atomic E-state index is 13.5. The molecule has 4 rings (SSSR count). The molecular formula is C27H41N3O2. The number of rotatable bonds is 7. The van der Waals surface area contributed by atoms with Crippen LogP contribution in [0.3, 0.4) is 0 Å². The van der Waals surface area contributed by atoms with E-state index >= 15 is 0 Å². The van der Waals surface area contributed by atoms with Gasteiger partial charge < -0.3 is 16.0 Å². The Bertz CT molecular complexity index is 739. The minimum absolute atomic E-state index is 0.0413. The molecule has 1 saturated heterocycles. The van der Waals surface area contributed by atoms with E-state index in [1.165, 1.54) is 37.7 Å². The third-order valence-electron chi connectivity index (χ3n) is 8.17. The van der Waals surface area contributed by atoms with Crippen molar-refractivity contribution in [3.8, 4) is 0 Å². The fourth-order valence-corrected chi connectivity index (χ4v) is 6.19. The van der Waals surface area contributed by atoms with Crippen LogP contribution in [-0.2, 0) is 9.59 Å². The molecule has 5 nitrogen and oxygen atoms in total. The van der Waals surface area contributed by atoms with Crippen LogP contribution in [0.1, 0.15) is 88.5 Å². The van der Waals surface area contributed by atoms with Gasteiger partial charge in [-0.1, -0.05) is 49.6 Å². The number of amides is 2. The summed E-state index contributed by atoms with van der Waals surface area (Å²) < 4.78 is 0. The Hall–Kier alpha value is -1.88. The number of carbonyl (C=O) groups is 2. The van der Waals surface area contributed by atoms with Crippen LogP contribution in [-0.4, -0.2) is 41.9 Å². The molecule has 1 aromatic carbocycles. The van der Waals surface area contributed by atoms with Gasteiger partial charge >= 0.3 is 0 Å². The van der Waals surface area contributed by atoms with E-state index in [-0.39, 0.29) is 23.8 Å². The van der Waals surface area contributed by atoms with Crippen molar-refractivity contribution in [1.29, 1.82) is 0 Å². The van der Waals surface area contributed by atoms with Gasteiger partial charge in [-0.3, -0.25) is 9.59 Å². The van der Waals surface area contributed by atoms with Crippen molar-refractivity contribution < 1.29 is 9.59 Å². The molecule has 1 aromatic rings. The number of nitrogens with one attached hydrogen (secondary N) is 1. The second-order valence-electron chi connectivity index (χ2n) is 10.4. The molecule has 1 aliphatic heterocycles. The monoisotopic (exact) mass is 439 g/mol. The minimum atomic E-state index is -0.295. The van der Waals surface area contributed by atoms with Gasteiger partial charge in [0.25, 0.3) is 0 Å². The van der Waals surface area contributed by atoms with Gasteiger partial charge in [0.2, 0.25) is 11.8 Å². The van der Waals surface area contributed by atoms with Crippen molar-refractivity contribution in [1.82, 2.24) is 10.2 Å². The van der Waals surface area contributed by atoms with Gasteiger partial charge in [-0.15, -0.1) is 0 Å². The first-order valence-electron chi connectivity index (χ1n) is 13.0. The normalized spacial score (nSPS) is 27.8. The smallest absolute Gasteiger partial charge is 0.242 e. The lowest BCUT2D eigenvalue weighted by atomic mass is 9.75. The largest absolute Gasteiger partial charge is 0.354 e. The predicted octanol–water partition coefficient (Wildman–Crippen LogP) is 4.37. The maximum Gasteiger partial charge on any atom is 0.242 e. The van der Waals surface area contributed by atoms with Crippen molar-refractivity contribution in [3.63, 3.8) is 0 Å². The van der Waals surface area contributed by atoms with E-state index in [2.05, 4.69) is 29.6 Å². The average Bonchev–Trinajstić information content (AvgIpc) is 3.33. The molecule has 0 bridgehead atoms. The molecule has 5 heteroatoms. The van der Waals surface area contributed by atoms with E-state index in [4.69, 9.17) is 5.73 Å². The molecular weight excluding hydrogens is 398 g/mol. The first-order chi connectivity index (χ1) is 15.6. The summed E-state index contributed by atoms with van der Waals surface area (Å²) in [6.07, 6.45) is 12.8. The number of nitrogens with zero attached hydrogens (tertiary/aromatic N) is 1. The molecule has 3 fully saturated rings. The zero-order valence-electron chi connectivity index (χ0n) is 19.5.